The number of rotatable bonds is 2. The van der Waals surface area contributed by atoms with Gasteiger partial charge in [-0.3, -0.25) is 14.3 Å². The zero-order valence-corrected chi connectivity index (χ0v) is 7.48. The molecule has 1 rings (SSSR count). The first kappa shape index (κ1) is 10.3. The smallest absolute Gasteiger partial charge is 0.270 e. The van der Waals surface area contributed by atoms with Crippen molar-refractivity contribution in [3.8, 4) is 6.07 Å². The van der Waals surface area contributed by atoms with Gasteiger partial charge in [-0.25, -0.2) is 0 Å². The maximum Gasteiger partial charge on any atom is 0.270 e. The highest BCUT2D eigenvalue weighted by molar-refractivity contribution is 7.79. The van der Waals surface area contributed by atoms with E-state index in [1.165, 1.54) is 0 Å². The summed E-state index contributed by atoms with van der Waals surface area (Å²) in [6.07, 6.45) is 0. The van der Waals surface area contributed by atoms with Crippen LogP contribution < -0.4 is 0 Å². The van der Waals surface area contributed by atoms with Crippen LogP contribution in [0.4, 0.5) is 5.69 Å². The molecule has 1 aromatic rings. The molecular formula is C7H3N2O4S-. The molecule has 0 aliphatic rings. The lowest BCUT2D eigenvalue weighted by Crippen LogP contribution is -1.95. The molecule has 1 atom stereocenters. The Morgan fingerprint density at radius 2 is 2.14 bits per heavy atom. The third kappa shape index (κ3) is 1.93. The number of nitro groups is 1. The molecule has 0 heterocycles. The molecular weight excluding hydrogens is 208 g/mol. The summed E-state index contributed by atoms with van der Waals surface area (Å²) >= 11 is -2.56. The quantitative estimate of drug-likeness (QED) is 0.406. The standard InChI is InChI=1S/C7H4N2O4S/c8-4-5-3-6(9(10)11)1-2-7(5)14(12)13/h1-3H,(H,12,13)/p-1. The molecule has 0 aromatic heterocycles. The molecule has 1 unspecified atom stereocenters. The number of hydrogen-bond acceptors (Lipinski definition) is 5. The molecule has 0 aliphatic carbocycles. The molecule has 72 valence electrons. The van der Waals surface area contributed by atoms with Crippen LogP contribution in [0.2, 0.25) is 0 Å². The molecule has 0 spiro atoms. The molecule has 0 bridgehead atoms. The van der Waals surface area contributed by atoms with Gasteiger partial charge in [0.2, 0.25) is 0 Å². The van der Waals surface area contributed by atoms with Crippen LogP contribution in [0.5, 0.6) is 0 Å². The fourth-order valence-corrected chi connectivity index (χ4v) is 1.33. The van der Waals surface area contributed by atoms with Crippen LogP contribution in [-0.4, -0.2) is 13.7 Å². The van der Waals surface area contributed by atoms with E-state index in [1.807, 2.05) is 0 Å². The molecule has 7 heteroatoms. The highest BCUT2D eigenvalue weighted by Gasteiger charge is 2.10. The topological polar surface area (TPSA) is 107 Å². The predicted octanol–water partition coefficient (Wildman–Crippen LogP) is 0.704. The molecule has 0 fully saturated rings. The first-order chi connectivity index (χ1) is 6.56. The average Bonchev–Trinajstić information content (AvgIpc) is 2.16. The summed E-state index contributed by atoms with van der Waals surface area (Å²) in [7, 11) is 0. The van der Waals surface area contributed by atoms with Gasteiger partial charge in [0.25, 0.3) is 5.69 Å². The van der Waals surface area contributed by atoms with Gasteiger partial charge in [-0.1, -0.05) is 0 Å². The Labute approximate surface area is 81.2 Å². The van der Waals surface area contributed by atoms with Crippen LogP contribution in [0, 0.1) is 21.4 Å². The zero-order chi connectivity index (χ0) is 10.7. The predicted molar refractivity (Wildman–Crippen MR) is 45.0 cm³/mol. The van der Waals surface area contributed by atoms with E-state index >= 15 is 0 Å². The van der Waals surface area contributed by atoms with Gasteiger partial charge < -0.3 is 4.55 Å². The van der Waals surface area contributed by atoms with E-state index in [9.17, 15) is 18.9 Å². The fourth-order valence-electron chi connectivity index (χ4n) is 0.864. The molecule has 0 aliphatic heterocycles. The van der Waals surface area contributed by atoms with Gasteiger partial charge in [0, 0.05) is 17.0 Å². The van der Waals surface area contributed by atoms with Crippen LogP contribution >= 0.6 is 0 Å². The lowest BCUT2D eigenvalue weighted by atomic mass is 10.2. The van der Waals surface area contributed by atoms with Crippen molar-refractivity contribution in [2.45, 2.75) is 4.90 Å². The Kier molecular flexibility index (Phi) is 2.91. The second-order valence-electron chi connectivity index (χ2n) is 2.28. The van der Waals surface area contributed by atoms with E-state index < -0.39 is 16.0 Å². The second-order valence-corrected chi connectivity index (χ2v) is 3.19. The monoisotopic (exact) mass is 211 g/mol. The van der Waals surface area contributed by atoms with Gasteiger partial charge in [-0.15, -0.1) is 0 Å². The highest BCUT2D eigenvalue weighted by atomic mass is 32.2. The van der Waals surface area contributed by atoms with E-state index in [4.69, 9.17) is 5.26 Å². The van der Waals surface area contributed by atoms with Crippen molar-refractivity contribution in [2.24, 2.45) is 0 Å². The SMILES string of the molecule is N#Cc1cc([N+](=O)[O-])ccc1S(=O)[O-]. The van der Waals surface area contributed by atoms with Crippen LogP contribution in [0.3, 0.4) is 0 Å². The first-order valence-corrected chi connectivity index (χ1v) is 4.41. The average molecular weight is 211 g/mol. The van der Waals surface area contributed by atoms with E-state index in [0.29, 0.717) is 0 Å². The van der Waals surface area contributed by atoms with Crippen LogP contribution in [0.1, 0.15) is 5.56 Å². The Morgan fingerprint density at radius 1 is 1.50 bits per heavy atom. The highest BCUT2D eigenvalue weighted by Crippen LogP contribution is 2.18. The van der Waals surface area contributed by atoms with Crippen LogP contribution in [-0.2, 0) is 11.1 Å². The molecule has 0 N–H and O–H groups in total. The van der Waals surface area contributed by atoms with Crippen molar-refractivity contribution in [3.05, 3.63) is 33.9 Å². The lowest BCUT2D eigenvalue weighted by molar-refractivity contribution is -0.384. The van der Waals surface area contributed by atoms with E-state index in [2.05, 4.69) is 0 Å². The summed E-state index contributed by atoms with van der Waals surface area (Å²) in [5, 5.41) is 18.8. The number of nitriles is 1. The summed E-state index contributed by atoms with van der Waals surface area (Å²) in [5.74, 6) is 0. The Hall–Kier alpha value is -1.78. The van der Waals surface area contributed by atoms with Gasteiger partial charge >= 0.3 is 0 Å². The van der Waals surface area contributed by atoms with Gasteiger partial charge in [0.05, 0.1) is 10.5 Å². The maximum absolute atomic E-state index is 10.5. The zero-order valence-electron chi connectivity index (χ0n) is 6.67. The van der Waals surface area contributed by atoms with Crippen molar-refractivity contribution in [1.82, 2.24) is 0 Å². The van der Waals surface area contributed by atoms with Crippen molar-refractivity contribution in [1.29, 1.82) is 5.26 Å². The molecule has 1 aromatic carbocycles. The van der Waals surface area contributed by atoms with Gasteiger partial charge in [-0.2, -0.15) is 5.26 Å². The maximum atomic E-state index is 10.5. The molecule has 0 saturated heterocycles. The number of non-ortho nitro benzene ring substituents is 1. The molecule has 0 radical (unpaired) electrons. The summed E-state index contributed by atoms with van der Waals surface area (Å²) in [5.41, 5.74) is -0.539. The summed E-state index contributed by atoms with van der Waals surface area (Å²) < 4.78 is 21.1. The number of hydrogen-bond donors (Lipinski definition) is 0. The minimum atomic E-state index is -2.56. The minimum Gasteiger partial charge on any atom is -0.768 e. The Morgan fingerprint density at radius 3 is 2.57 bits per heavy atom. The Bertz CT molecular complexity index is 451. The second kappa shape index (κ2) is 3.95. The van der Waals surface area contributed by atoms with Crippen molar-refractivity contribution in [2.75, 3.05) is 0 Å². The van der Waals surface area contributed by atoms with Gasteiger partial charge in [0.1, 0.15) is 6.07 Å². The van der Waals surface area contributed by atoms with E-state index in [0.717, 1.165) is 18.2 Å². The van der Waals surface area contributed by atoms with Crippen molar-refractivity contribution in [3.63, 3.8) is 0 Å². The summed E-state index contributed by atoms with van der Waals surface area (Å²) in [6, 6.07) is 4.56. The number of benzene rings is 1. The summed E-state index contributed by atoms with van der Waals surface area (Å²) in [4.78, 5) is 9.36. The lowest BCUT2D eigenvalue weighted by Gasteiger charge is -2.05. The normalized spacial score (nSPS) is 11.7. The first-order valence-electron chi connectivity index (χ1n) is 3.34. The Balaban J connectivity index is 3.34. The van der Waals surface area contributed by atoms with Gasteiger partial charge in [-0.05, 0) is 17.1 Å². The molecule has 14 heavy (non-hydrogen) atoms. The van der Waals surface area contributed by atoms with Crippen LogP contribution in [0.25, 0.3) is 0 Å². The molecule has 0 saturated carbocycles. The third-order valence-electron chi connectivity index (χ3n) is 1.47. The van der Waals surface area contributed by atoms with Crippen molar-refractivity contribution >= 4 is 16.8 Å². The van der Waals surface area contributed by atoms with Gasteiger partial charge in [0.15, 0.2) is 0 Å². The largest absolute Gasteiger partial charge is 0.768 e. The number of nitrogens with zero attached hydrogens (tertiary/aromatic N) is 2. The van der Waals surface area contributed by atoms with E-state index in [-0.39, 0.29) is 16.1 Å². The summed E-state index contributed by atoms with van der Waals surface area (Å²) in [6.45, 7) is 0. The van der Waals surface area contributed by atoms with Crippen molar-refractivity contribution < 1.29 is 13.7 Å². The fraction of sp³-hybridized carbons (Fsp3) is 0. The number of nitro benzene ring substituents is 1. The minimum absolute atomic E-state index is 0.229. The van der Waals surface area contributed by atoms with E-state index in [1.54, 1.807) is 6.07 Å². The molecule has 0 amide bonds. The third-order valence-corrected chi connectivity index (χ3v) is 2.19. The van der Waals surface area contributed by atoms with Crippen LogP contribution in [0.15, 0.2) is 23.1 Å². The molecule has 6 nitrogen and oxygen atoms in total.